The number of carbonyl (C=O) groups excluding carboxylic acids is 1. The molecule has 1 heterocycles. The molecule has 2 aromatic carbocycles. The fourth-order valence-corrected chi connectivity index (χ4v) is 3.71. The molecular weight excluding hydrogens is 344 g/mol. The fraction of sp³-hybridized carbons (Fsp3) is 0.240. The second kappa shape index (κ2) is 8.30. The first-order chi connectivity index (χ1) is 13.7. The van der Waals surface area contributed by atoms with Gasteiger partial charge in [0.2, 0.25) is 5.91 Å². The fourth-order valence-electron chi connectivity index (χ4n) is 3.71. The average Bonchev–Trinajstić information content (AvgIpc) is 3.35. The first-order valence-corrected chi connectivity index (χ1v) is 9.92. The molecule has 0 fully saturated rings. The summed E-state index contributed by atoms with van der Waals surface area (Å²) in [6, 6.07) is 17.1. The number of allylic oxidation sites excluding steroid dienone is 3. The largest absolute Gasteiger partial charge is 0.352 e. The molecule has 142 valence electrons. The number of nitrogens with one attached hydrogen (secondary N) is 1. The van der Waals surface area contributed by atoms with E-state index in [-0.39, 0.29) is 5.91 Å². The molecule has 0 saturated carbocycles. The maximum absolute atomic E-state index is 12.3. The van der Waals surface area contributed by atoms with E-state index >= 15 is 0 Å². The van der Waals surface area contributed by atoms with E-state index in [1.807, 2.05) is 6.08 Å². The molecule has 28 heavy (non-hydrogen) atoms. The van der Waals surface area contributed by atoms with Crippen LogP contribution in [-0.4, -0.2) is 17.0 Å². The number of nitrogens with zero attached hydrogens (tertiary/aromatic N) is 1. The predicted octanol–water partition coefficient (Wildman–Crippen LogP) is 4.93. The molecule has 0 saturated heterocycles. The number of benzene rings is 2. The lowest BCUT2D eigenvalue weighted by atomic mass is 10.1. The molecule has 0 unspecified atom stereocenters. The number of para-hydroxylation sites is 1. The van der Waals surface area contributed by atoms with Crippen molar-refractivity contribution in [3.8, 4) is 0 Å². The van der Waals surface area contributed by atoms with Crippen LogP contribution in [0.5, 0.6) is 0 Å². The lowest BCUT2D eigenvalue weighted by Gasteiger charge is -2.06. The van der Waals surface area contributed by atoms with Crippen molar-refractivity contribution in [2.45, 2.75) is 32.7 Å². The maximum atomic E-state index is 12.3. The van der Waals surface area contributed by atoms with Gasteiger partial charge in [0.25, 0.3) is 0 Å². The highest BCUT2D eigenvalue weighted by Crippen LogP contribution is 2.23. The van der Waals surface area contributed by atoms with Crippen molar-refractivity contribution in [3.05, 3.63) is 95.2 Å². The Kier molecular flexibility index (Phi) is 5.43. The van der Waals surface area contributed by atoms with Crippen molar-refractivity contribution in [1.29, 1.82) is 0 Å². The minimum absolute atomic E-state index is 0.114. The van der Waals surface area contributed by atoms with Crippen LogP contribution in [0.3, 0.4) is 0 Å². The van der Waals surface area contributed by atoms with Crippen LogP contribution in [0, 0.1) is 6.92 Å². The van der Waals surface area contributed by atoms with Crippen molar-refractivity contribution in [1.82, 2.24) is 9.88 Å². The molecule has 1 N–H and O–H groups in total. The third kappa shape index (κ3) is 4.25. The first kappa shape index (κ1) is 18.3. The monoisotopic (exact) mass is 370 g/mol. The van der Waals surface area contributed by atoms with E-state index < -0.39 is 0 Å². The summed E-state index contributed by atoms with van der Waals surface area (Å²) in [5, 5.41) is 4.28. The summed E-state index contributed by atoms with van der Waals surface area (Å²) >= 11 is 0. The smallest absolute Gasteiger partial charge is 0.220 e. The van der Waals surface area contributed by atoms with Crippen molar-refractivity contribution in [3.63, 3.8) is 0 Å². The number of carbonyl (C=O) groups is 1. The molecule has 3 aromatic rings. The number of aromatic nitrogens is 1. The number of hydrogen-bond acceptors (Lipinski definition) is 1. The SMILES string of the molecule is Cc1ccc(Cn2cc(CCC(=O)NCC3=CC=CC3)c3ccccc32)cc1. The van der Waals surface area contributed by atoms with Gasteiger partial charge in [-0.2, -0.15) is 0 Å². The Hall–Kier alpha value is -3.07. The number of amides is 1. The van der Waals surface area contributed by atoms with E-state index in [0.717, 1.165) is 19.4 Å². The summed E-state index contributed by atoms with van der Waals surface area (Å²) in [4.78, 5) is 12.3. The number of aryl methyl sites for hydroxylation is 2. The van der Waals surface area contributed by atoms with Gasteiger partial charge in [-0.15, -0.1) is 0 Å². The van der Waals surface area contributed by atoms with Gasteiger partial charge in [-0.05, 0) is 42.5 Å². The highest BCUT2D eigenvalue weighted by atomic mass is 16.1. The lowest BCUT2D eigenvalue weighted by Crippen LogP contribution is -2.25. The van der Waals surface area contributed by atoms with Crippen molar-refractivity contribution in [2.24, 2.45) is 0 Å². The summed E-state index contributed by atoms with van der Waals surface area (Å²) in [7, 11) is 0. The number of fused-ring (bicyclic) bond motifs is 1. The van der Waals surface area contributed by atoms with Gasteiger partial charge in [0.05, 0.1) is 0 Å². The second-order valence-corrected chi connectivity index (χ2v) is 7.52. The molecule has 0 atom stereocenters. The van der Waals surface area contributed by atoms with E-state index in [4.69, 9.17) is 0 Å². The molecular formula is C25H26N2O. The van der Waals surface area contributed by atoms with Gasteiger partial charge in [-0.25, -0.2) is 0 Å². The maximum Gasteiger partial charge on any atom is 0.220 e. The van der Waals surface area contributed by atoms with E-state index in [9.17, 15) is 4.79 Å². The molecule has 1 aliphatic carbocycles. The molecule has 3 nitrogen and oxygen atoms in total. The lowest BCUT2D eigenvalue weighted by molar-refractivity contribution is -0.120. The van der Waals surface area contributed by atoms with Crippen LogP contribution in [0.1, 0.15) is 29.5 Å². The Bertz CT molecular complexity index is 1040. The van der Waals surface area contributed by atoms with Crippen LogP contribution in [0.15, 0.2) is 78.5 Å². The van der Waals surface area contributed by atoms with Crippen LogP contribution < -0.4 is 5.32 Å². The van der Waals surface area contributed by atoms with Crippen molar-refractivity contribution >= 4 is 16.8 Å². The summed E-state index contributed by atoms with van der Waals surface area (Å²) in [5.74, 6) is 0.114. The van der Waals surface area contributed by atoms with Gasteiger partial charge >= 0.3 is 0 Å². The van der Waals surface area contributed by atoms with Crippen LogP contribution in [0.25, 0.3) is 10.9 Å². The highest BCUT2D eigenvalue weighted by Gasteiger charge is 2.11. The van der Waals surface area contributed by atoms with Gasteiger partial charge in [0.15, 0.2) is 0 Å². The Balaban J connectivity index is 1.45. The average molecular weight is 370 g/mol. The minimum Gasteiger partial charge on any atom is -0.352 e. The zero-order valence-electron chi connectivity index (χ0n) is 16.3. The Morgan fingerprint density at radius 3 is 2.71 bits per heavy atom. The Labute approximate surface area is 166 Å². The van der Waals surface area contributed by atoms with Gasteiger partial charge < -0.3 is 9.88 Å². The van der Waals surface area contributed by atoms with Crippen LogP contribution in [-0.2, 0) is 17.8 Å². The van der Waals surface area contributed by atoms with E-state index in [0.29, 0.717) is 13.0 Å². The molecule has 1 amide bonds. The Morgan fingerprint density at radius 2 is 1.93 bits per heavy atom. The molecule has 0 spiro atoms. The van der Waals surface area contributed by atoms with E-state index in [1.165, 1.54) is 33.2 Å². The first-order valence-electron chi connectivity index (χ1n) is 9.92. The molecule has 1 aromatic heterocycles. The summed E-state index contributed by atoms with van der Waals surface area (Å²) in [6.07, 6.45) is 10.7. The molecule has 4 rings (SSSR count). The second-order valence-electron chi connectivity index (χ2n) is 7.52. The van der Waals surface area contributed by atoms with Gasteiger partial charge in [0.1, 0.15) is 0 Å². The van der Waals surface area contributed by atoms with Crippen molar-refractivity contribution < 1.29 is 4.79 Å². The highest BCUT2D eigenvalue weighted by molar-refractivity contribution is 5.85. The third-order valence-electron chi connectivity index (χ3n) is 5.33. The van der Waals surface area contributed by atoms with Crippen molar-refractivity contribution in [2.75, 3.05) is 6.54 Å². The molecule has 3 heteroatoms. The molecule has 0 bridgehead atoms. The van der Waals surface area contributed by atoms with E-state index in [1.54, 1.807) is 0 Å². The van der Waals surface area contributed by atoms with Crippen LogP contribution in [0.2, 0.25) is 0 Å². The normalized spacial score (nSPS) is 13.1. The minimum atomic E-state index is 0.114. The standard InChI is InChI=1S/C25H26N2O/c1-19-10-12-21(13-11-19)17-27-18-22(23-8-4-5-9-24(23)27)14-15-25(28)26-16-20-6-2-3-7-20/h2-6,8-13,18H,7,14-17H2,1H3,(H,26,28). The zero-order valence-corrected chi connectivity index (χ0v) is 16.3. The van der Waals surface area contributed by atoms with E-state index in [2.05, 4.69) is 83.7 Å². The number of hydrogen-bond donors (Lipinski definition) is 1. The zero-order chi connectivity index (χ0) is 19.3. The van der Waals surface area contributed by atoms with Gasteiger partial charge in [-0.1, -0.05) is 66.3 Å². The summed E-state index contributed by atoms with van der Waals surface area (Å²) in [6.45, 7) is 3.60. The summed E-state index contributed by atoms with van der Waals surface area (Å²) in [5.41, 5.74) is 6.29. The number of rotatable bonds is 7. The topological polar surface area (TPSA) is 34.0 Å². The Morgan fingerprint density at radius 1 is 1.11 bits per heavy atom. The van der Waals surface area contributed by atoms with Gasteiger partial charge in [0, 0.05) is 36.6 Å². The van der Waals surface area contributed by atoms with Crippen LogP contribution in [0.4, 0.5) is 0 Å². The molecule has 1 aliphatic rings. The molecule has 0 radical (unpaired) electrons. The summed E-state index contributed by atoms with van der Waals surface area (Å²) < 4.78 is 2.29. The molecule has 0 aliphatic heterocycles. The predicted molar refractivity (Wildman–Crippen MR) is 115 cm³/mol. The third-order valence-corrected chi connectivity index (χ3v) is 5.33. The quantitative estimate of drug-likeness (QED) is 0.628. The van der Waals surface area contributed by atoms with Gasteiger partial charge in [-0.3, -0.25) is 4.79 Å². The van der Waals surface area contributed by atoms with Crippen LogP contribution >= 0.6 is 0 Å².